The summed E-state index contributed by atoms with van der Waals surface area (Å²) in [5.41, 5.74) is 1.12. The first-order valence-electron chi connectivity index (χ1n) is 8.53. The molecule has 0 saturated carbocycles. The van der Waals surface area contributed by atoms with Gasteiger partial charge < -0.3 is 24.0 Å². The van der Waals surface area contributed by atoms with Gasteiger partial charge in [0.1, 0.15) is 11.3 Å². The summed E-state index contributed by atoms with van der Waals surface area (Å²) in [4.78, 5) is 37.2. The van der Waals surface area contributed by atoms with Gasteiger partial charge in [-0.15, -0.1) is 0 Å². The van der Waals surface area contributed by atoms with Crippen LogP contribution in [0.15, 0.2) is 27.4 Å². The minimum absolute atomic E-state index is 0.0526. The number of carbonyl (C=O) groups is 2. The summed E-state index contributed by atoms with van der Waals surface area (Å²) >= 11 is 0. The van der Waals surface area contributed by atoms with Crippen molar-refractivity contribution in [1.29, 1.82) is 0 Å². The average molecular weight is 358 g/mol. The summed E-state index contributed by atoms with van der Waals surface area (Å²) in [6.07, 6.45) is 1.30. The van der Waals surface area contributed by atoms with Crippen LogP contribution in [0.1, 0.15) is 30.4 Å². The fourth-order valence-electron chi connectivity index (χ4n) is 3.48. The number of carbonyl (C=O) groups excluding carboxylic acids is 2. The van der Waals surface area contributed by atoms with Gasteiger partial charge in [-0.1, -0.05) is 0 Å². The zero-order valence-corrected chi connectivity index (χ0v) is 14.7. The largest absolute Gasteiger partial charge is 0.548 e. The van der Waals surface area contributed by atoms with Gasteiger partial charge in [0, 0.05) is 30.0 Å². The molecule has 1 amide bonds. The molecule has 7 heteroatoms. The third kappa shape index (κ3) is 3.29. The normalized spacial score (nSPS) is 16.8. The van der Waals surface area contributed by atoms with Crippen molar-refractivity contribution in [3.8, 4) is 5.75 Å². The Hall–Kier alpha value is -2.83. The number of rotatable bonds is 5. The van der Waals surface area contributed by atoms with Crippen LogP contribution in [0.5, 0.6) is 5.75 Å². The SMILES string of the molecule is COc1ccc2c(C)c(CCC(=O)N3CCC[C@@H]3C(=O)[O-])c(=O)oc2c1. The lowest BCUT2D eigenvalue weighted by atomic mass is 10.0. The average Bonchev–Trinajstić information content (AvgIpc) is 3.11. The van der Waals surface area contributed by atoms with E-state index >= 15 is 0 Å². The van der Waals surface area contributed by atoms with E-state index in [9.17, 15) is 19.5 Å². The molecule has 1 aliphatic heterocycles. The topological polar surface area (TPSA) is 99.9 Å². The molecule has 2 aromatic rings. The van der Waals surface area contributed by atoms with Gasteiger partial charge in [-0.25, -0.2) is 4.79 Å². The highest BCUT2D eigenvalue weighted by molar-refractivity contribution is 5.84. The van der Waals surface area contributed by atoms with Crippen molar-refractivity contribution in [2.24, 2.45) is 0 Å². The van der Waals surface area contributed by atoms with E-state index in [2.05, 4.69) is 0 Å². The van der Waals surface area contributed by atoms with E-state index in [1.54, 1.807) is 12.1 Å². The molecule has 138 valence electrons. The van der Waals surface area contributed by atoms with Crippen LogP contribution in [0, 0.1) is 6.92 Å². The maximum Gasteiger partial charge on any atom is 0.339 e. The van der Waals surface area contributed by atoms with Crippen molar-refractivity contribution in [3.63, 3.8) is 0 Å². The second-order valence-corrected chi connectivity index (χ2v) is 6.42. The van der Waals surface area contributed by atoms with Gasteiger partial charge in [-0.3, -0.25) is 4.79 Å². The fourth-order valence-corrected chi connectivity index (χ4v) is 3.48. The molecule has 1 aromatic carbocycles. The number of hydrogen-bond acceptors (Lipinski definition) is 6. The molecule has 0 radical (unpaired) electrons. The highest BCUT2D eigenvalue weighted by Gasteiger charge is 2.29. The summed E-state index contributed by atoms with van der Waals surface area (Å²) < 4.78 is 10.5. The zero-order chi connectivity index (χ0) is 18.8. The molecule has 1 saturated heterocycles. The van der Waals surface area contributed by atoms with Crippen LogP contribution < -0.4 is 15.5 Å². The Labute approximate surface area is 150 Å². The number of aryl methyl sites for hydroxylation is 1. The number of carboxylic acid groups (broad SMARTS) is 1. The molecule has 0 unspecified atom stereocenters. The van der Waals surface area contributed by atoms with Crippen LogP contribution in [-0.2, 0) is 16.0 Å². The number of aliphatic carboxylic acids is 1. The summed E-state index contributed by atoms with van der Waals surface area (Å²) in [6.45, 7) is 2.22. The molecule has 7 nitrogen and oxygen atoms in total. The molecule has 0 bridgehead atoms. The molecule has 1 aliphatic rings. The standard InChI is InChI=1S/C19H21NO6/c1-11-13-6-5-12(25-2)10-16(13)26-19(24)14(11)7-8-17(21)20-9-3-4-15(20)18(22)23/h5-6,10,15H,3-4,7-9H2,1-2H3,(H,22,23)/p-1/t15-/m1/s1. The summed E-state index contributed by atoms with van der Waals surface area (Å²) in [5.74, 6) is -0.929. The van der Waals surface area contributed by atoms with Crippen molar-refractivity contribution in [1.82, 2.24) is 4.90 Å². The van der Waals surface area contributed by atoms with Crippen LogP contribution in [0.3, 0.4) is 0 Å². The Morgan fingerprint density at radius 2 is 2.15 bits per heavy atom. The van der Waals surface area contributed by atoms with Gasteiger partial charge in [0.2, 0.25) is 5.91 Å². The molecule has 1 fully saturated rings. The van der Waals surface area contributed by atoms with E-state index in [0.717, 1.165) is 10.9 Å². The van der Waals surface area contributed by atoms with Crippen molar-refractivity contribution in [3.05, 3.63) is 39.7 Å². The van der Waals surface area contributed by atoms with E-state index < -0.39 is 17.6 Å². The van der Waals surface area contributed by atoms with Crippen molar-refractivity contribution in [2.45, 2.75) is 38.6 Å². The smallest absolute Gasteiger partial charge is 0.339 e. The summed E-state index contributed by atoms with van der Waals surface area (Å²) in [5, 5.41) is 11.9. The number of carboxylic acids is 1. The van der Waals surface area contributed by atoms with Gasteiger partial charge in [0.15, 0.2) is 0 Å². The Morgan fingerprint density at radius 3 is 2.85 bits per heavy atom. The van der Waals surface area contributed by atoms with Crippen molar-refractivity contribution in [2.75, 3.05) is 13.7 Å². The number of methoxy groups -OCH3 is 1. The first-order valence-corrected chi connectivity index (χ1v) is 8.53. The first kappa shape index (κ1) is 18.0. The third-order valence-electron chi connectivity index (χ3n) is 4.93. The van der Waals surface area contributed by atoms with E-state index in [4.69, 9.17) is 9.15 Å². The quantitative estimate of drug-likeness (QED) is 0.733. The van der Waals surface area contributed by atoms with Gasteiger partial charge >= 0.3 is 5.63 Å². The fraction of sp³-hybridized carbons (Fsp3) is 0.421. The van der Waals surface area contributed by atoms with E-state index in [1.807, 2.05) is 13.0 Å². The minimum Gasteiger partial charge on any atom is -0.548 e. The van der Waals surface area contributed by atoms with Crippen LogP contribution in [0.25, 0.3) is 11.0 Å². The van der Waals surface area contributed by atoms with Crippen molar-refractivity contribution < 1.29 is 23.8 Å². The lowest BCUT2D eigenvalue weighted by molar-refractivity contribution is -0.310. The molecule has 1 atom stereocenters. The van der Waals surface area contributed by atoms with Gasteiger partial charge in [-0.05, 0) is 43.9 Å². The number of amides is 1. The lowest BCUT2D eigenvalue weighted by Crippen LogP contribution is -2.47. The Balaban J connectivity index is 1.82. The van der Waals surface area contributed by atoms with Crippen LogP contribution >= 0.6 is 0 Å². The van der Waals surface area contributed by atoms with Gasteiger partial charge in [0.25, 0.3) is 0 Å². The second kappa shape index (κ2) is 7.19. The first-order chi connectivity index (χ1) is 12.4. The number of benzene rings is 1. The Morgan fingerprint density at radius 1 is 1.38 bits per heavy atom. The monoisotopic (exact) mass is 358 g/mol. The Kier molecular flexibility index (Phi) is 4.97. The zero-order valence-electron chi connectivity index (χ0n) is 14.7. The summed E-state index contributed by atoms with van der Waals surface area (Å²) in [6, 6.07) is 4.36. The van der Waals surface area contributed by atoms with E-state index in [-0.39, 0.29) is 18.7 Å². The van der Waals surface area contributed by atoms with E-state index in [0.29, 0.717) is 36.3 Å². The molecular formula is C19H20NO6-. The molecule has 0 spiro atoms. The van der Waals surface area contributed by atoms with Crippen LogP contribution in [-0.4, -0.2) is 36.5 Å². The number of nitrogens with zero attached hydrogens (tertiary/aromatic N) is 1. The maximum absolute atomic E-state index is 12.4. The highest BCUT2D eigenvalue weighted by Crippen LogP contribution is 2.25. The number of hydrogen-bond donors (Lipinski definition) is 0. The minimum atomic E-state index is -1.23. The number of likely N-dealkylation sites (tertiary alicyclic amines) is 1. The molecule has 1 aromatic heterocycles. The molecule has 0 aliphatic carbocycles. The molecule has 2 heterocycles. The van der Waals surface area contributed by atoms with Gasteiger partial charge in [-0.2, -0.15) is 0 Å². The summed E-state index contributed by atoms with van der Waals surface area (Å²) in [7, 11) is 1.53. The molecule has 0 N–H and O–H groups in total. The second-order valence-electron chi connectivity index (χ2n) is 6.42. The van der Waals surface area contributed by atoms with Crippen molar-refractivity contribution >= 4 is 22.8 Å². The van der Waals surface area contributed by atoms with Crippen LogP contribution in [0.4, 0.5) is 0 Å². The molecular weight excluding hydrogens is 338 g/mol. The number of ether oxygens (including phenoxy) is 1. The van der Waals surface area contributed by atoms with Gasteiger partial charge in [0.05, 0.1) is 19.1 Å². The predicted octanol–water partition coefficient (Wildman–Crippen LogP) is 0.784. The van der Waals surface area contributed by atoms with E-state index in [1.165, 1.54) is 12.0 Å². The third-order valence-corrected chi connectivity index (χ3v) is 4.93. The van der Waals surface area contributed by atoms with Crippen LogP contribution in [0.2, 0.25) is 0 Å². The lowest BCUT2D eigenvalue weighted by Gasteiger charge is -2.25. The molecule has 3 rings (SSSR count). The maximum atomic E-state index is 12.4. The highest BCUT2D eigenvalue weighted by atomic mass is 16.5. The number of fused-ring (bicyclic) bond motifs is 1. The predicted molar refractivity (Wildman–Crippen MR) is 91.8 cm³/mol. The Bertz CT molecular complexity index is 916. The molecule has 26 heavy (non-hydrogen) atoms.